The molecule has 0 bridgehead atoms. The number of carbonyl (C=O) groups excluding carboxylic acids is 2. The molecule has 5 nitrogen and oxygen atoms in total. The lowest BCUT2D eigenvalue weighted by Gasteiger charge is -2.30. The number of amides is 1. The Bertz CT molecular complexity index is 418. The topological polar surface area (TPSA) is 67.4 Å². The number of carbonyl (C=O) groups is 2. The van der Waals surface area contributed by atoms with Crippen molar-refractivity contribution < 1.29 is 14.3 Å². The summed E-state index contributed by atoms with van der Waals surface area (Å²) in [5.74, 6) is 0.357. The average molecular weight is 397 g/mol. The molecular formula is C23H44N2O3. The highest BCUT2D eigenvalue weighted by Gasteiger charge is 2.20. The third kappa shape index (κ3) is 12.4. The molecule has 164 valence electrons. The van der Waals surface area contributed by atoms with Gasteiger partial charge in [-0.1, -0.05) is 52.4 Å². The molecule has 2 N–H and O–H groups in total. The van der Waals surface area contributed by atoms with Crippen LogP contribution in [0.4, 0.5) is 4.79 Å². The van der Waals surface area contributed by atoms with Crippen molar-refractivity contribution in [3.63, 3.8) is 0 Å². The summed E-state index contributed by atoms with van der Waals surface area (Å²) in [6, 6.07) is 1.29. The lowest BCUT2D eigenvalue weighted by molar-refractivity contribution is -0.110. The molecular weight excluding hydrogens is 352 g/mol. The van der Waals surface area contributed by atoms with Gasteiger partial charge in [0, 0.05) is 12.1 Å². The van der Waals surface area contributed by atoms with Gasteiger partial charge in [0.2, 0.25) is 0 Å². The normalized spacial score (nSPS) is 20.1. The summed E-state index contributed by atoms with van der Waals surface area (Å²) in [7, 11) is 0. The quantitative estimate of drug-likeness (QED) is 0.593. The number of hydrogen-bond donors (Lipinski definition) is 2. The van der Waals surface area contributed by atoms with E-state index in [4.69, 9.17) is 4.74 Å². The summed E-state index contributed by atoms with van der Waals surface area (Å²) in [4.78, 5) is 22.0. The van der Waals surface area contributed by atoms with Gasteiger partial charge in [0.25, 0.3) is 0 Å². The number of hydrogen-bond acceptors (Lipinski definition) is 4. The standard InChI is InChI=1S/C12H23N.C11H21NO3/c1-3-7-11(8-4-1)13-12-9-5-2-6-10-12;1-8(2)6-9(7-13)12-10(14)15-11(3,4)5/h11-13H,1-10H2;7-9H,6H2,1-5H3,(H,12,14)/t;9-/m.0/s1. The van der Waals surface area contributed by atoms with E-state index in [-0.39, 0.29) is 0 Å². The molecule has 2 rings (SSSR count). The lowest BCUT2D eigenvalue weighted by Crippen LogP contribution is -2.40. The zero-order valence-electron chi connectivity index (χ0n) is 18.9. The van der Waals surface area contributed by atoms with Crippen LogP contribution in [0.3, 0.4) is 0 Å². The van der Waals surface area contributed by atoms with Crippen molar-refractivity contribution in [2.75, 3.05) is 0 Å². The van der Waals surface area contributed by atoms with Crippen LogP contribution in [-0.2, 0) is 9.53 Å². The highest BCUT2D eigenvalue weighted by atomic mass is 16.6. The average Bonchev–Trinajstić information content (AvgIpc) is 2.61. The van der Waals surface area contributed by atoms with Gasteiger partial charge in [-0.3, -0.25) is 0 Å². The second-order valence-corrected chi connectivity index (χ2v) is 9.85. The Balaban J connectivity index is 0.000000281. The Morgan fingerprint density at radius 1 is 0.964 bits per heavy atom. The van der Waals surface area contributed by atoms with Crippen LogP contribution in [0.5, 0.6) is 0 Å². The molecule has 0 radical (unpaired) electrons. The van der Waals surface area contributed by atoms with E-state index in [0.29, 0.717) is 12.3 Å². The molecule has 2 aliphatic rings. The van der Waals surface area contributed by atoms with Crippen molar-refractivity contribution in [1.82, 2.24) is 10.6 Å². The van der Waals surface area contributed by atoms with Crippen LogP contribution in [0.15, 0.2) is 0 Å². The molecule has 28 heavy (non-hydrogen) atoms. The highest BCUT2D eigenvalue weighted by Crippen LogP contribution is 2.22. The molecule has 0 heterocycles. The van der Waals surface area contributed by atoms with Crippen LogP contribution in [0, 0.1) is 5.92 Å². The molecule has 0 spiro atoms. The van der Waals surface area contributed by atoms with E-state index >= 15 is 0 Å². The molecule has 5 heteroatoms. The van der Waals surface area contributed by atoms with E-state index in [1.54, 1.807) is 20.8 Å². The molecule has 0 aromatic heterocycles. The fourth-order valence-corrected chi connectivity index (χ4v) is 3.99. The third-order valence-corrected chi connectivity index (χ3v) is 5.27. The molecule has 2 saturated carbocycles. The number of ether oxygens (including phenoxy) is 1. The van der Waals surface area contributed by atoms with Crippen LogP contribution in [0.1, 0.15) is 105 Å². The first kappa shape index (κ1) is 24.9. The minimum absolute atomic E-state index is 0.357. The molecule has 0 unspecified atom stereocenters. The van der Waals surface area contributed by atoms with E-state index in [2.05, 4.69) is 10.6 Å². The van der Waals surface area contributed by atoms with Crippen molar-refractivity contribution in [1.29, 1.82) is 0 Å². The monoisotopic (exact) mass is 396 g/mol. The summed E-state index contributed by atoms with van der Waals surface area (Å²) >= 11 is 0. The number of nitrogens with one attached hydrogen (secondary N) is 2. The summed E-state index contributed by atoms with van der Waals surface area (Å²) in [5, 5.41) is 6.38. The van der Waals surface area contributed by atoms with E-state index < -0.39 is 17.7 Å². The fourth-order valence-electron chi connectivity index (χ4n) is 3.99. The number of rotatable bonds is 6. The van der Waals surface area contributed by atoms with Crippen LogP contribution in [0.2, 0.25) is 0 Å². The zero-order chi connectivity index (χ0) is 21.0. The Kier molecular flexibility index (Phi) is 11.7. The van der Waals surface area contributed by atoms with Gasteiger partial charge < -0.3 is 20.2 Å². The molecule has 2 fully saturated rings. The summed E-state index contributed by atoms with van der Waals surface area (Å²) in [5.41, 5.74) is -0.532. The predicted molar refractivity (Wildman–Crippen MR) is 116 cm³/mol. The maximum absolute atomic E-state index is 11.3. The molecule has 0 aromatic rings. The van der Waals surface area contributed by atoms with Gasteiger partial charge in [0.15, 0.2) is 0 Å². The van der Waals surface area contributed by atoms with E-state index in [1.165, 1.54) is 64.2 Å². The Morgan fingerprint density at radius 3 is 1.79 bits per heavy atom. The lowest BCUT2D eigenvalue weighted by atomic mass is 9.91. The predicted octanol–water partition coefficient (Wildman–Crippen LogP) is 5.37. The third-order valence-electron chi connectivity index (χ3n) is 5.27. The first-order chi connectivity index (χ1) is 13.2. The maximum atomic E-state index is 11.3. The maximum Gasteiger partial charge on any atom is 0.408 e. The zero-order valence-corrected chi connectivity index (χ0v) is 18.9. The minimum Gasteiger partial charge on any atom is -0.444 e. The Hall–Kier alpha value is -1.10. The van der Waals surface area contributed by atoms with Crippen molar-refractivity contribution in [3.05, 3.63) is 0 Å². The van der Waals surface area contributed by atoms with Crippen LogP contribution in [0.25, 0.3) is 0 Å². The van der Waals surface area contributed by atoms with Crippen molar-refractivity contribution in [2.24, 2.45) is 5.92 Å². The second kappa shape index (κ2) is 13.2. The Labute approximate surface area is 172 Å². The van der Waals surface area contributed by atoms with E-state index in [1.807, 2.05) is 13.8 Å². The van der Waals surface area contributed by atoms with E-state index in [9.17, 15) is 9.59 Å². The van der Waals surface area contributed by atoms with E-state index in [0.717, 1.165) is 18.4 Å². The summed E-state index contributed by atoms with van der Waals surface area (Å²) in [6.07, 6.45) is 15.4. The molecule has 0 saturated heterocycles. The van der Waals surface area contributed by atoms with Gasteiger partial charge in [0.1, 0.15) is 11.9 Å². The van der Waals surface area contributed by atoms with Crippen LogP contribution in [-0.4, -0.2) is 36.1 Å². The highest BCUT2D eigenvalue weighted by molar-refractivity contribution is 5.73. The molecule has 1 atom stereocenters. The molecule has 0 aliphatic heterocycles. The van der Waals surface area contributed by atoms with Crippen LogP contribution < -0.4 is 10.6 Å². The second-order valence-electron chi connectivity index (χ2n) is 9.85. The number of aldehydes is 1. The molecule has 0 aromatic carbocycles. The number of alkyl carbamates (subject to hydrolysis) is 1. The fraction of sp³-hybridized carbons (Fsp3) is 0.913. The minimum atomic E-state index is -0.541. The van der Waals surface area contributed by atoms with Gasteiger partial charge in [-0.15, -0.1) is 0 Å². The SMILES string of the molecule is C1CCC(NC2CCCCC2)CC1.CC(C)C[C@@H](C=O)NC(=O)OC(C)(C)C. The van der Waals surface area contributed by atoms with Gasteiger partial charge in [-0.2, -0.15) is 0 Å². The summed E-state index contributed by atoms with van der Waals surface area (Å²) in [6.45, 7) is 9.33. The van der Waals surface area contributed by atoms with Gasteiger partial charge >= 0.3 is 6.09 Å². The smallest absolute Gasteiger partial charge is 0.408 e. The van der Waals surface area contributed by atoms with Crippen molar-refractivity contribution in [2.45, 2.75) is 129 Å². The van der Waals surface area contributed by atoms with Crippen molar-refractivity contribution >= 4 is 12.4 Å². The van der Waals surface area contributed by atoms with Crippen LogP contribution >= 0.6 is 0 Å². The molecule has 2 aliphatic carbocycles. The Morgan fingerprint density at radius 2 is 1.43 bits per heavy atom. The first-order valence-corrected chi connectivity index (χ1v) is 11.4. The van der Waals surface area contributed by atoms with Crippen molar-refractivity contribution in [3.8, 4) is 0 Å². The van der Waals surface area contributed by atoms with Gasteiger partial charge in [-0.05, 0) is 58.8 Å². The van der Waals surface area contributed by atoms with Gasteiger partial charge in [-0.25, -0.2) is 4.79 Å². The largest absolute Gasteiger partial charge is 0.444 e. The van der Waals surface area contributed by atoms with Gasteiger partial charge in [0.05, 0.1) is 6.04 Å². The summed E-state index contributed by atoms with van der Waals surface area (Å²) < 4.78 is 5.04. The first-order valence-electron chi connectivity index (χ1n) is 11.4. The molecule has 1 amide bonds.